The minimum Gasteiger partial charge on any atom is -0.464 e. The van der Waals surface area contributed by atoms with Crippen molar-refractivity contribution in [3.8, 4) is 0 Å². The molecule has 0 saturated carbocycles. The van der Waals surface area contributed by atoms with Gasteiger partial charge in [-0.25, -0.2) is 14.8 Å². The molecule has 6 heteroatoms. The van der Waals surface area contributed by atoms with E-state index in [1.54, 1.807) is 11.8 Å². The van der Waals surface area contributed by atoms with Gasteiger partial charge in [-0.1, -0.05) is 18.2 Å². The highest BCUT2D eigenvalue weighted by Gasteiger charge is 2.28. The number of carbonyl (C=O) groups is 1. The molecular formula is C15H23N3O2S. The summed E-state index contributed by atoms with van der Waals surface area (Å²) in [6, 6.07) is 10.1. The number of rotatable bonds is 5. The van der Waals surface area contributed by atoms with Gasteiger partial charge in [-0.15, -0.1) is 11.8 Å². The molecule has 116 valence electrons. The van der Waals surface area contributed by atoms with Gasteiger partial charge in [-0.3, -0.25) is 0 Å². The Balaban J connectivity index is 1.92. The quantitative estimate of drug-likeness (QED) is 0.846. The molecule has 1 aliphatic heterocycles. The standard InChI is InChI=1S/C15H23N3O2S/c1-13(12-21-14-6-4-3-5-7-14)18(15(19)20)17-10-8-16(2)9-11-17/h3-7,13H,8-12H2,1-2H3,(H,19,20). The molecule has 1 unspecified atom stereocenters. The molecule has 0 aromatic heterocycles. The maximum Gasteiger partial charge on any atom is 0.422 e. The Morgan fingerprint density at radius 3 is 2.48 bits per heavy atom. The van der Waals surface area contributed by atoms with Crippen molar-refractivity contribution < 1.29 is 9.90 Å². The van der Waals surface area contributed by atoms with Crippen molar-refractivity contribution in [2.45, 2.75) is 17.9 Å². The van der Waals surface area contributed by atoms with Crippen molar-refractivity contribution in [3.63, 3.8) is 0 Å². The number of piperazine rings is 1. The number of benzene rings is 1. The summed E-state index contributed by atoms with van der Waals surface area (Å²) in [5.41, 5.74) is 0. The van der Waals surface area contributed by atoms with Gasteiger partial charge in [0.1, 0.15) is 0 Å². The van der Waals surface area contributed by atoms with Crippen LogP contribution in [0.4, 0.5) is 4.79 Å². The first kappa shape index (κ1) is 16.1. The van der Waals surface area contributed by atoms with Crippen LogP contribution in [0.1, 0.15) is 6.92 Å². The Labute approximate surface area is 130 Å². The van der Waals surface area contributed by atoms with Gasteiger partial charge in [-0.2, -0.15) is 0 Å². The third-order valence-corrected chi connectivity index (χ3v) is 4.89. The van der Waals surface area contributed by atoms with Crippen LogP contribution >= 0.6 is 11.8 Å². The highest BCUT2D eigenvalue weighted by atomic mass is 32.2. The van der Waals surface area contributed by atoms with Crippen molar-refractivity contribution in [2.75, 3.05) is 39.0 Å². The molecule has 1 aromatic rings. The summed E-state index contributed by atoms with van der Waals surface area (Å²) in [6.07, 6.45) is -0.860. The summed E-state index contributed by atoms with van der Waals surface area (Å²) in [4.78, 5) is 15.0. The molecule has 1 atom stereocenters. The number of thioether (sulfide) groups is 1. The third-order valence-electron chi connectivity index (χ3n) is 3.63. The molecule has 21 heavy (non-hydrogen) atoms. The fraction of sp³-hybridized carbons (Fsp3) is 0.533. The Hall–Kier alpha value is -1.24. The lowest BCUT2D eigenvalue weighted by atomic mass is 10.3. The van der Waals surface area contributed by atoms with Crippen LogP contribution in [0.3, 0.4) is 0 Å². The highest BCUT2D eigenvalue weighted by molar-refractivity contribution is 7.99. The maximum absolute atomic E-state index is 11.6. The largest absolute Gasteiger partial charge is 0.464 e. The van der Waals surface area contributed by atoms with Crippen LogP contribution in [0.25, 0.3) is 0 Å². The number of amides is 1. The number of hydrogen-bond acceptors (Lipinski definition) is 4. The average Bonchev–Trinajstić information content (AvgIpc) is 2.48. The third kappa shape index (κ3) is 4.62. The zero-order valence-corrected chi connectivity index (χ0v) is 13.4. The summed E-state index contributed by atoms with van der Waals surface area (Å²) in [5.74, 6) is 0.753. The zero-order valence-electron chi connectivity index (χ0n) is 12.6. The number of likely N-dealkylation sites (N-methyl/N-ethyl adjacent to an activating group) is 1. The lowest BCUT2D eigenvalue weighted by Crippen LogP contribution is -2.57. The lowest BCUT2D eigenvalue weighted by Gasteiger charge is -2.41. The van der Waals surface area contributed by atoms with E-state index in [4.69, 9.17) is 0 Å². The molecule has 1 heterocycles. The molecule has 1 N–H and O–H groups in total. The van der Waals surface area contributed by atoms with E-state index < -0.39 is 6.09 Å². The van der Waals surface area contributed by atoms with Crippen LogP contribution in [-0.2, 0) is 0 Å². The first-order valence-electron chi connectivity index (χ1n) is 7.21. The molecule has 0 spiro atoms. The van der Waals surface area contributed by atoms with Gasteiger partial charge in [0, 0.05) is 36.8 Å². The van der Waals surface area contributed by atoms with Gasteiger partial charge >= 0.3 is 6.09 Å². The number of nitrogens with zero attached hydrogens (tertiary/aromatic N) is 3. The molecule has 0 aliphatic carbocycles. The van der Waals surface area contributed by atoms with Crippen molar-refractivity contribution in [1.29, 1.82) is 0 Å². The molecule has 1 amide bonds. The van der Waals surface area contributed by atoms with E-state index >= 15 is 0 Å². The monoisotopic (exact) mass is 309 g/mol. The van der Waals surface area contributed by atoms with E-state index in [1.807, 2.05) is 30.1 Å². The Morgan fingerprint density at radius 1 is 1.29 bits per heavy atom. The summed E-state index contributed by atoms with van der Waals surface area (Å²) in [5, 5.41) is 13.0. The van der Waals surface area contributed by atoms with E-state index in [0.717, 1.165) is 31.9 Å². The maximum atomic E-state index is 11.6. The van der Waals surface area contributed by atoms with Crippen molar-refractivity contribution >= 4 is 17.9 Å². The molecule has 0 bridgehead atoms. The van der Waals surface area contributed by atoms with E-state index in [1.165, 1.54) is 9.90 Å². The van der Waals surface area contributed by atoms with Crippen molar-refractivity contribution in [3.05, 3.63) is 30.3 Å². The Bertz CT molecular complexity index is 449. The second kappa shape index (κ2) is 7.68. The minimum absolute atomic E-state index is 0.0453. The summed E-state index contributed by atoms with van der Waals surface area (Å²) < 4.78 is 0. The molecule has 1 saturated heterocycles. The van der Waals surface area contributed by atoms with E-state index in [0.29, 0.717) is 0 Å². The van der Waals surface area contributed by atoms with Crippen molar-refractivity contribution in [1.82, 2.24) is 14.9 Å². The van der Waals surface area contributed by atoms with Crippen LogP contribution in [-0.4, -0.2) is 71.1 Å². The zero-order chi connectivity index (χ0) is 15.2. The first-order valence-corrected chi connectivity index (χ1v) is 8.20. The van der Waals surface area contributed by atoms with Gasteiger partial charge in [0.25, 0.3) is 0 Å². The summed E-state index contributed by atoms with van der Waals surface area (Å²) in [6.45, 7) is 5.32. The van der Waals surface area contributed by atoms with Gasteiger partial charge < -0.3 is 10.0 Å². The Kier molecular flexibility index (Phi) is 5.90. The number of hydrogen-bond donors (Lipinski definition) is 1. The fourth-order valence-corrected chi connectivity index (χ4v) is 3.33. The minimum atomic E-state index is -0.860. The van der Waals surface area contributed by atoms with E-state index in [9.17, 15) is 9.90 Å². The van der Waals surface area contributed by atoms with Crippen LogP contribution in [0, 0.1) is 0 Å². The highest BCUT2D eigenvalue weighted by Crippen LogP contribution is 2.21. The molecule has 5 nitrogen and oxygen atoms in total. The molecule has 1 aromatic carbocycles. The number of carboxylic acid groups (broad SMARTS) is 1. The van der Waals surface area contributed by atoms with Crippen LogP contribution < -0.4 is 0 Å². The Morgan fingerprint density at radius 2 is 1.90 bits per heavy atom. The molecular weight excluding hydrogens is 286 g/mol. The summed E-state index contributed by atoms with van der Waals surface area (Å²) in [7, 11) is 2.07. The SMILES string of the molecule is CC(CSc1ccccc1)N(C(=O)O)N1CCN(C)CC1. The van der Waals surface area contributed by atoms with Crippen molar-refractivity contribution in [2.24, 2.45) is 0 Å². The van der Waals surface area contributed by atoms with Gasteiger partial charge in [-0.05, 0) is 26.1 Å². The lowest BCUT2D eigenvalue weighted by molar-refractivity contribution is -0.0532. The van der Waals surface area contributed by atoms with E-state index in [2.05, 4.69) is 24.1 Å². The van der Waals surface area contributed by atoms with Crippen LogP contribution in [0.5, 0.6) is 0 Å². The normalized spacial score (nSPS) is 18.4. The van der Waals surface area contributed by atoms with E-state index in [-0.39, 0.29) is 6.04 Å². The van der Waals surface area contributed by atoms with Gasteiger partial charge in [0.2, 0.25) is 0 Å². The second-order valence-corrected chi connectivity index (χ2v) is 6.45. The average molecular weight is 309 g/mol. The fourth-order valence-electron chi connectivity index (χ4n) is 2.40. The van der Waals surface area contributed by atoms with Crippen LogP contribution in [0.2, 0.25) is 0 Å². The topological polar surface area (TPSA) is 47.0 Å². The molecule has 1 fully saturated rings. The first-order chi connectivity index (χ1) is 10.1. The predicted octanol–water partition coefficient (Wildman–Crippen LogP) is 2.31. The van der Waals surface area contributed by atoms with Gasteiger partial charge in [0.05, 0.1) is 6.04 Å². The molecule has 1 aliphatic rings. The number of hydrazine groups is 1. The predicted molar refractivity (Wildman–Crippen MR) is 85.6 cm³/mol. The second-order valence-electron chi connectivity index (χ2n) is 5.36. The smallest absolute Gasteiger partial charge is 0.422 e. The molecule has 2 rings (SSSR count). The van der Waals surface area contributed by atoms with Gasteiger partial charge in [0.15, 0.2) is 0 Å². The molecule has 0 radical (unpaired) electrons. The van der Waals surface area contributed by atoms with Crippen LogP contribution in [0.15, 0.2) is 35.2 Å². The summed E-state index contributed by atoms with van der Waals surface area (Å²) >= 11 is 1.70.